The molecular weight excluding hydrogens is 166 g/mol. The van der Waals surface area contributed by atoms with Crippen molar-refractivity contribution in [3.8, 4) is 0 Å². The van der Waals surface area contributed by atoms with Crippen LogP contribution in [-0.4, -0.2) is 42.0 Å². The molecule has 3 nitrogen and oxygen atoms in total. The molecule has 2 aliphatic rings. The van der Waals surface area contributed by atoms with Crippen LogP contribution in [0.3, 0.4) is 0 Å². The number of aliphatic hydroxyl groups excluding tert-OH is 1. The third-order valence-electron chi connectivity index (χ3n) is 3.29. The first-order valence-corrected chi connectivity index (χ1v) is 4.70. The molecule has 13 heavy (non-hydrogen) atoms. The molecule has 1 saturated carbocycles. The van der Waals surface area contributed by atoms with E-state index in [0.29, 0.717) is 12.1 Å². The molecule has 0 amide bonds. The van der Waals surface area contributed by atoms with Gasteiger partial charge in [0.25, 0.3) is 0 Å². The van der Waals surface area contributed by atoms with Crippen molar-refractivity contribution < 1.29 is 9.90 Å². The Morgan fingerprint density at radius 3 is 2.77 bits per heavy atom. The Labute approximate surface area is 78.0 Å². The minimum Gasteiger partial charge on any atom is -0.392 e. The van der Waals surface area contributed by atoms with Crippen molar-refractivity contribution in [2.75, 3.05) is 19.6 Å². The Balaban J connectivity index is 1.78. The first kappa shape index (κ1) is 8.91. The van der Waals surface area contributed by atoms with Crippen LogP contribution in [0.4, 0.5) is 0 Å². The van der Waals surface area contributed by atoms with Crippen LogP contribution in [0.15, 0.2) is 12.2 Å². The van der Waals surface area contributed by atoms with Gasteiger partial charge in [-0.25, -0.2) is 0 Å². The molecular formula is C10H15NO2. The summed E-state index contributed by atoms with van der Waals surface area (Å²) in [6.07, 6.45) is 2.79. The number of hydrogen-bond acceptors (Lipinski definition) is 3. The molecule has 0 aromatic heterocycles. The lowest BCUT2D eigenvalue weighted by Gasteiger charge is -2.59. The molecule has 1 N–H and O–H groups in total. The van der Waals surface area contributed by atoms with Crippen molar-refractivity contribution in [3.63, 3.8) is 0 Å². The van der Waals surface area contributed by atoms with E-state index in [2.05, 4.69) is 11.5 Å². The number of rotatable bonds is 3. The zero-order valence-electron chi connectivity index (χ0n) is 7.70. The maximum absolute atomic E-state index is 10.3. The molecule has 2 fully saturated rings. The lowest BCUT2D eigenvalue weighted by Crippen LogP contribution is -2.66. The van der Waals surface area contributed by atoms with Crippen LogP contribution in [0.1, 0.15) is 12.8 Å². The highest BCUT2D eigenvalue weighted by Crippen LogP contribution is 2.48. The normalized spacial score (nSPS) is 30.7. The molecule has 1 heterocycles. The number of hydrogen-bond donors (Lipinski definition) is 1. The lowest BCUT2D eigenvalue weighted by atomic mass is 9.61. The van der Waals surface area contributed by atoms with Gasteiger partial charge in [0.05, 0.1) is 6.10 Å². The molecule has 3 heteroatoms. The van der Waals surface area contributed by atoms with E-state index in [4.69, 9.17) is 0 Å². The topological polar surface area (TPSA) is 40.5 Å². The predicted molar refractivity (Wildman–Crippen MR) is 49.3 cm³/mol. The van der Waals surface area contributed by atoms with Gasteiger partial charge in [-0.05, 0) is 18.4 Å². The fourth-order valence-electron chi connectivity index (χ4n) is 2.33. The Kier molecular flexibility index (Phi) is 2.00. The van der Waals surface area contributed by atoms with Gasteiger partial charge < -0.3 is 5.11 Å². The molecule has 1 atom stereocenters. The van der Waals surface area contributed by atoms with Crippen molar-refractivity contribution in [1.29, 1.82) is 0 Å². The molecule has 1 spiro atoms. The van der Waals surface area contributed by atoms with Crippen molar-refractivity contribution in [2.45, 2.75) is 18.9 Å². The van der Waals surface area contributed by atoms with E-state index < -0.39 is 0 Å². The Morgan fingerprint density at radius 1 is 1.69 bits per heavy atom. The van der Waals surface area contributed by atoms with Crippen LogP contribution in [0, 0.1) is 5.41 Å². The molecule has 1 aliphatic heterocycles. The molecule has 0 aromatic carbocycles. The van der Waals surface area contributed by atoms with Gasteiger partial charge >= 0.3 is 0 Å². The number of likely N-dealkylation sites (tertiary alicyclic amines) is 1. The maximum atomic E-state index is 10.3. The molecule has 1 unspecified atom stereocenters. The van der Waals surface area contributed by atoms with Gasteiger partial charge in [-0.1, -0.05) is 6.58 Å². The fraction of sp³-hybridized carbons (Fsp3) is 0.700. The monoisotopic (exact) mass is 181 g/mol. The summed E-state index contributed by atoms with van der Waals surface area (Å²) >= 11 is 0. The van der Waals surface area contributed by atoms with Gasteiger partial charge in [0.1, 0.15) is 6.29 Å². The smallest absolute Gasteiger partial charge is 0.146 e. The van der Waals surface area contributed by atoms with Gasteiger partial charge in [0.2, 0.25) is 0 Å². The second-order valence-electron chi connectivity index (χ2n) is 4.34. The van der Waals surface area contributed by atoms with Gasteiger partial charge in [0.15, 0.2) is 0 Å². The number of aliphatic hydroxyl groups is 1. The van der Waals surface area contributed by atoms with Gasteiger partial charge in [-0.15, -0.1) is 0 Å². The predicted octanol–water partition coefficient (Wildman–Crippen LogP) is 0.198. The first-order valence-electron chi connectivity index (χ1n) is 4.70. The van der Waals surface area contributed by atoms with E-state index in [9.17, 15) is 9.90 Å². The highest BCUT2D eigenvalue weighted by molar-refractivity contribution is 5.72. The fourth-order valence-corrected chi connectivity index (χ4v) is 2.33. The quantitative estimate of drug-likeness (QED) is 0.499. The van der Waals surface area contributed by atoms with E-state index in [1.54, 1.807) is 0 Å². The van der Waals surface area contributed by atoms with Crippen LogP contribution in [-0.2, 0) is 4.79 Å². The average Bonchev–Trinajstić information content (AvgIpc) is 2.07. The van der Waals surface area contributed by atoms with Crippen molar-refractivity contribution in [2.24, 2.45) is 5.41 Å². The summed E-state index contributed by atoms with van der Waals surface area (Å²) in [7, 11) is 0. The zero-order chi connectivity index (χ0) is 9.47. The summed E-state index contributed by atoms with van der Waals surface area (Å²) in [6, 6.07) is 0. The molecule has 1 aliphatic carbocycles. The second kappa shape index (κ2) is 2.93. The van der Waals surface area contributed by atoms with E-state index in [1.807, 2.05) is 0 Å². The molecule has 0 aromatic rings. The van der Waals surface area contributed by atoms with E-state index in [-0.39, 0.29) is 11.5 Å². The van der Waals surface area contributed by atoms with Crippen LogP contribution in [0.25, 0.3) is 0 Å². The number of nitrogens with zero attached hydrogens (tertiary/aromatic N) is 1. The van der Waals surface area contributed by atoms with E-state index in [0.717, 1.165) is 32.2 Å². The summed E-state index contributed by atoms with van der Waals surface area (Å²) in [4.78, 5) is 12.5. The summed E-state index contributed by atoms with van der Waals surface area (Å²) in [5.74, 6) is 0. The number of carbonyl (C=O) groups is 1. The Hall–Kier alpha value is -0.670. The number of carbonyl (C=O) groups excluding carboxylic acids is 1. The minimum absolute atomic E-state index is 0.103. The highest BCUT2D eigenvalue weighted by atomic mass is 16.3. The molecule has 0 bridgehead atoms. The van der Waals surface area contributed by atoms with Crippen molar-refractivity contribution in [3.05, 3.63) is 12.2 Å². The largest absolute Gasteiger partial charge is 0.392 e. The summed E-state index contributed by atoms with van der Waals surface area (Å²) in [5.41, 5.74) is 0.812. The summed E-state index contributed by atoms with van der Waals surface area (Å²) < 4.78 is 0. The maximum Gasteiger partial charge on any atom is 0.146 e. The zero-order valence-corrected chi connectivity index (χ0v) is 7.70. The standard InChI is InChI=1S/C10H15NO2/c1-8(5-12)4-11-6-10(7-11)3-2-9(10)13/h5,9,13H,1-4,6-7H2. The number of aldehydes is 1. The summed E-state index contributed by atoms with van der Waals surface area (Å²) in [5, 5.41) is 9.51. The van der Waals surface area contributed by atoms with Crippen LogP contribution in [0.5, 0.6) is 0 Å². The average molecular weight is 181 g/mol. The SMILES string of the molecule is C=C(C=O)CN1CC2(CCC2O)C1. The summed E-state index contributed by atoms with van der Waals surface area (Å²) in [6.45, 7) is 6.16. The first-order chi connectivity index (χ1) is 6.16. The third kappa shape index (κ3) is 1.32. The third-order valence-corrected chi connectivity index (χ3v) is 3.29. The Bertz CT molecular complexity index is 243. The highest BCUT2D eigenvalue weighted by Gasteiger charge is 2.53. The van der Waals surface area contributed by atoms with Crippen LogP contribution < -0.4 is 0 Å². The second-order valence-corrected chi connectivity index (χ2v) is 4.34. The molecule has 72 valence electrons. The minimum atomic E-state index is -0.103. The Morgan fingerprint density at radius 2 is 2.38 bits per heavy atom. The van der Waals surface area contributed by atoms with Gasteiger partial charge in [-0.2, -0.15) is 0 Å². The van der Waals surface area contributed by atoms with Crippen LogP contribution >= 0.6 is 0 Å². The van der Waals surface area contributed by atoms with Crippen molar-refractivity contribution >= 4 is 6.29 Å². The lowest BCUT2D eigenvalue weighted by molar-refractivity contribution is -0.155. The van der Waals surface area contributed by atoms with E-state index in [1.165, 1.54) is 0 Å². The van der Waals surface area contributed by atoms with Crippen molar-refractivity contribution in [1.82, 2.24) is 4.90 Å². The van der Waals surface area contributed by atoms with Gasteiger partial charge in [0, 0.05) is 25.0 Å². The van der Waals surface area contributed by atoms with E-state index >= 15 is 0 Å². The molecule has 2 rings (SSSR count). The molecule has 0 radical (unpaired) electrons. The van der Waals surface area contributed by atoms with Crippen LogP contribution in [0.2, 0.25) is 0 Å². The van der Waals surface area contributed by atoms with Gasteiger partial charge in [-0.3, -0.25) is 9.69 Å². The molecule has 1 saturated heterocycles.